The summed E-state index contributed by atoms with van der Waals surface area (Å²) >= 11 is 0. The lowest BCUT2D eigenvalue weighted by atomic mass is 10.00. The number of pyridine rings is 1. The maximum absolute atomic E-state index is 11.2. The first kappa shape index (κ1) is 13.6. The largest absolute Gasteiger partial charge is 0.327 e. The Bertz CT molecular complexity index is 807. The number of aromatic nitrogens is 2. The second kappa shape index (κ2) is 5.17. The van der Waals surface area contributed by atoms with Crippen LogP contribution in [0.2, 0.25) is 0 Å². The lowest BCUT2D eigenvalue weighted by Crippen LogP contribution is -2.03. The minimum atomic E-state index is 0.695. The van der Waals surface area contributed by atoms with Gasteiger partial charge in [-0.25, -0.2) is 4.98 Å². The van der Waals surface area contributed by atoms with Gasteiger partial charge in [0.1, 0.15) is 5.65 Å². The molecule has 0 saturated carbocycles. The molecule has 3 rings (SSSR count). The highest BCUT2D eigenvalue weighted by molar-refractivity contribution is 5.95. The highest BCUT2D eigenvalue weighted by Gasteiger charge is 2.11. The molecule has 2 aromatic heterocycles. The van der Waals surface area contributed by atoms with Crippen molar-refractivity contribution in [2.45, 2.75) is 27.3 Å². The second-order valence-electron chi connectivity index (χ2n) is 5.58. The number of nitrogens with zero attached hydrogens (tertiary/aromatic N) is 2. The van der Waals surface area contributed by atoms with Gasteiger partial charge in [-0.05, 0) is 49.6 Å². The van der Waals surface area contributed by atoms with E-state index in [0.29, 0.717) is 5.56 Å². The predicted octanol–water partition coefficient (Wildman–Crippen LogP) is 3.82. The Labute approximate surface area is 124 Å². The molecular weight excluding hydrogens is 260 g/mol. The number of carbonyl (C=O) groups is 1. The van der Waals surface area contributed by atoms with Gasteiger partial charge in [0.2, 0.25) is 0 Å². The molecule has 2 heterocycles. The van der Waals surface area contributed by atoms with Crippen LogP contribution in [0.4, 0.5) is 0 Å². The topological polar surface area (TPSA) is 34.9 Å². The zero-order valence-corrected chi connectivity index (χ0v) is 12.6. The molecule has 0 amide bonds. The Morgan fingerprint density at radius 2 is 1.90 bits per heavy atom. The van der Waals surface area contributed by atoms with Crippen LogP contribution in [0.1, 0.15) is 32.6 Å². The summed E-state index contributed by atoms with van der Waals surface area (Å²) in [7, 11) is 0. The van der Waals surface area contributed by atoms with Crippen molar-refractivity contribution in [2.24, 2.45) is 0 Å². The minimum absolute atomic E-state index is 0.695. The van der Waals surface area contributed by atoms with Gasteiger partial charge < -0.3 is 4.57 Å². The normalized spacial score (nSPS) is 11.0. The number of benzene rings is 1. The quantitative estimate of drug-likeness (QED) is 0.683. The van der Waals surface area contributed by atoms with E-state index in [1.54, 1.807) is 6.20 Å². The summed E-state index contributed by atoms with van der Waals surface area (Å²) < 4.78 is 2.06. The van der Waals surface area contributed by atoms with Crippen LogP contribution in [0.3, 0.4) is 0 Å². The van der Waals surface area contributed by atoms with E-state index in [1.807, 2.05) is 18.3 Å². The van der Waals surface area contributed by atoms with Crippen LogP contribution in [0, 0.1) is 20.8 Å². The molecule has 0 radical (unpaired) electrons. The van der Waals surface area contributed by atoms with E-state index in [-0.39, 0.29) is 0 Å². The molecule has 3 aromatic rings. The number of fused-ring (bicyclic) bond motifs is 1. The Kier molecular flexibility index (Phi) is 3.34. The van der Waals surface area contributed by atoms with E-state index in [2.05, 4.69) is 42.5 Å². The molecule has 1 aromatic carbocycles. The van der Waals surface area contributed by atoms with E-state index >= 15 is 0 Å². The number of carbonyl (C=O) groups excluding carboxylic acids is 1. The first-order chi connectivity index (χ1) is 10.1. The third-order valence-corrected chi connectivity index (χ3v) is 3.96. The molecule has 0 spiro atoms. The summed E-state index contributed by atoms with van der Waals surface area (Å²) in [6.45, 7) is 7.12. The van der Waals surface area contributed by atoms with Gasteiger partial charge in [-0.2, -0.15) is 0 Å². The lowest BCUT2D eigenvalue weighted by molar-refractivity contribution is 0.112. The van der Waals surface area contributed by atoms with Crippen LogP contribution in [0.15, 0.2) is 36.7 Å². The molecule has 0 bridgehead atoms. The fourth-order valence-electron chi connectivity index (χ4n) is 2.99. The number of hydrogen-bond donors (Lipinski definition) is 0. The molecule has 0 atom stereocenters. The molecule has 0 aliphatic carbocycles. The molecular formula is C18H18N2O. The zero-order valence-electron chi connectivity index (χ0n) is 12.6. The maximum atomic E-state index is 11.2. The van der Waals surface area contributed by atoms with Crippen LogP contribution in [-0.4, -0.2) is 15.8 Å². The number of rotatable bonds is 3. The Hall–Kier alpha value is -2.42. The van der Waals surface area contributed by atoms with Gasteiger partial charge >= 0.3 is 0 Å². The third-order valence-electron chi connectivity index (χ3n) is 3.96. The first-order valence-corrected chi connectivity index (χ1v) is 7.06. The highest BCUT2D eigenvalue weighted by Crippen LogP contribution is 2.22. The predicted molar refractivity (Wildman–Crippen MR) is 84.9 cm³/mol. The SMILES string of the molecule is Cc1cc(C)c(Cn2cc(C=O)c3cccnc32)c(C)c1. The summed E-state index contributed by atoms with van der Waals surface area (Å²) in [4.78, 5) is 15.7. The second-order valence-corrected chi connectivity index (χ2v) is 5.58. The van der Waals surface area contributed by atoms with Gasteiger partial charge in [0.15, 0.2) is 6.29 Å². The summed E-state index contributed by atoms with van der Waals surface area (Å²) in [5.74, 6) is 0. The minimum Gasteiger partial charge on any atom is -0.327 e. The fourth-order valence-corrected chi connectivity index (χ4v) is 2.99. The maximum Gasteiger partial charge on any atom is 0.152 e. The third kappa shape index (κ3) is 2.35. The van der Waals surface area contributed by atoms with Crippen molar-refractivity contribution in [1.82, 2.24) is 9.55 Å². The Balaban J connectivity index is 2.13. The van der Waals surface area contributed by atoms with E-state index in [0.717, 1.165) is 23.9 Å². The number of aryl methyl sites for hydroxylation is 3. The van der Waals surface area contributed by atoms with Crippen LogP contribution >= 0.6 is 0 Å². The number of aldehydes is 1. The van der Waals surface area contributed by atoms with Gasteiger partial charge in [0.05, 0.1) is 0 Å². The van der Waals surface area contributed by atoms with E-state index in [4.69, 9.17) is 0 Å². The summed E-state index contributed by atoms with van der Waals surface area (Å²) in [5.41, 5.74) is 6.67. The molecule has 106 valence electrons. The van der Waals surface area contributed by atoms with Gasteiger partial charge in [-0.15, -0.1) is 0 Å². The van der Waals surface area contributed by atoms with Crippen LogP contribution in [-0.2, 0) is 6.54 Å². The molecule has 0 fully saturated rings. The van der Waals surface area contributed by atoms with Crippen molar-refractivity contribution in [3.63, 3.8) is 0 Å². The average molecular weight is 278 g/mol. The Morgan fingerprint density at radius 1 is 1.19 bits per heavy atom. The van der Waals surface area contributed by atoms with Crippen molar-refractivity contribution >= 4 is 17.3 Å². The monoisotopic (exact) mass is 278 g/mol. The molecule has 3 heteroatoms. The van der Waals surface area contributed by atoms with E-state index < -0.39 is 0 Å². The van der Waals surface area contributed by atoms with Gasteiger partial charge in [0.25, 0.3) is 0 Å². The van der Waals surface area contributed by atoms with Crippen LogP contribution in [0.5, 0.6) is 0 Å². The lowest BCUT2D eigenvalue weighted by Gasteiger charge is -2.12. The molecule has 0 saturated heterocycles. The summed E-state index contributed by atoms with van der Waals surface area (Å²) in [6, 6.07) is 8.20. The van der Waals surface area contributed by atoms with Crippen molar-refractivity contribution in [3.05, 3.63) is 64.5 Å². The van der Waals surface area contributed by atoms with Gasteiger partial charge in [-0.1, -0.05) is 17.7 Å². The molecule has 0 aliphatic heterocycles. The van der Waals surface area contributed by atoms with Crippen molar-refractivity contribution in [3.8, 4) is 0 Å². The average Bonchev–Trinajstić information content (AvgIpc) is 2.81. The molecule has 0 aliphatic rings. The van der Waals surface area contributed by atoms with E-state index in [1.165, 1.54) is 22.3 Å². The van der Waals surface area contributed by atoms with Gasteiger partial charge in [-0.3, -0.25) is 4.79 Å². The molecule has 0 unspecified atom stereocenters. The fraction of sp³-hybridized carbons (Fsp3) is 0.222. The van der Waals surface area contributed by atoms with E-state index in [9.17, 15) is 4.79 Å². The van der Waals surface area contributed by atoms with Crippen LogP contribution in [0.25, 0.3) is 11.0 Å². The standard InChI is InChI=1S/C18H18N2O/c1-12-7-13(2)17(14(3)8-12)10-20-9-15(11-21)16-5-4-6-19-18(16)20/h4-9,11H,10H2,1-3H3. The molecule has 3 nitrogen and oxygen atoms in total. The molecule has 21 heavy (non-hydrogen) atoms. The molecule has 0 N–H and O–H groups in total. The smallest absolute Gasteiger partial charge is 0.152 e. The van der Waals surface area contributed by atoms with Crippen molar-refractivity contribution in [1.29, 1.82) is 0 Å². The summed E-state index contributed by atoms with van der Waals surface area (Å²) in [5, 5.41) is 0.912. The first-order valence-electron chi connectivity index (χ1n) is 7.06. The Morgan fingerprint density at radius 3 is 2.57 bits per heavy atom. The summed E-state index contributed by atoms with van der Waals surface area (Å²) in [6.07, 6.45) is 4.56. The van der Waals surface area contributed by atoms with Crippen molar-refractivity contribution < 1.29 is 4.79 Å². The van der Waals surface area contributed by atoms with Crippen molar-refractivity contribution in [2.75, 3.05) is 0 Å². The number of hydrogen-bond acceptors (Lipinski definition) is 2. The highest BCUT2D eigenvalue weighted by atomic mass is 16.1. The zero-order chi connectivity index (χ0) is 15.0. The van der Waals surface area contributed by atoms with Crippen LogP contribution < -0.4 is 0 Å². The van der Waals surface area contributed by atoms with Gasteiger partial charge in [0, 0.05) is 29.9 Å².